The van der Waals surface area contributed by atoms with Crippen LogP contribution in [0.5, 0.6) is 0 Å². The van der Waals surface area contributed by atoms with Crippen LogP contribution in [0.25, 0.3) is 22.4 Å². The molecule has 33 heavy (non-hydrogen) atoms. The minimum Gasteiger partial charge on any atom is -0.443 e. The molecule has 0 aliphatic heterocycles. The zero-order chi connectivity index (χ0) is 24.8. The number of aromatic nitrogens is 3. The molecule has 5 nitrogen and oxygen atoms in total. The number of fused-ring (bicyclic) bond motifs is 1. The number of alkyl halides is 6. The van der Waals surface area contributed by atoms with Crippen molar-refractivity contribution in [2.24, 2.45) is 0 Å². The molecule has 0 atom stereocenters. The molecule has 0 saturated heterocycles. The quantitative estimate of drug-likeness (QED) is 0.291. The predicted octanol–water partition coefficient (Wildman–Crippen LogP) is 7.03. The maximum absolute atomic E-state index is 13.3. The first kappa shape index (κ1) is 24.9. The van der Waals surface area contributed by atoms with Crippen LogP contribution in [0.2, 0.25) is 0 Å². The molecule has 0 amide bonds. The van der Waals surface area contributed by atoms with Gasteiger partial charge in [0.2, 0.25) is 0 Å². The van der Waals surface area contributed by atoms with Crippen LogP contribution in [0, 0.1) is 0 Å². The molecule has 178 valence electrons. The number of hydrogen-bond acceptors (Lipinski definition) is 5. The van der Waals surface area contributed by atoms with E-state index < -0.39 is 35.2 Å². The molecular weight excluding hydrogens is 472 g/mol. The Morgan fingerprint density at radius 2 is 1.55 bits per heavy atom. The zero-order valence-electron chi connectivity index (χ0n) is 17.9. The van der Waals surface area contributed by atoms with E-state index in [9.17, 15) is 31.1 Å². The smallest absolute Gasteiger partial charge is 0.419 e. The third kappa shape index (κ3) is 5.43. The first-order chi connectivity index (χ1) is 15.1. The highest BCUT2D eigenvalue weighted by atomic mass is 32.2. The minimum atomic E-state index is -4.72. The molecule has 0 bridgehead atoms. The van der Waals surface area contributed by atoms with E-state index in [4.69, 9.17) is 4.74 Å². The molecular formula is C21H19F6N3O2S. The number of thioether (sulfide) groups is 1. The van der Waals surface area contributed by atoms with Crippen LogP contribution in [0.15, 0.2) is 35.5 Å². The standard InChI is InChI=1S/C21H19F6N3O2S/c1-5-33-16-7-12(21(25,26)27)10-29-17(16)15-8-13-14(6-11(9-28-13)20(22,23)24)30(15)18(31)32-19(2,3)4/h6-10H,5H2,1-4H3. The number of ether oxygens (including phenoxy) is 1. The van der Waals surface area contributed by atoms with Crippen LogP contribution in [-0.2, 0) is 17.1 Å². The van der Waals surface area contributed by atoms with Crippen molar-refractivity contribution < 1.29 is 35.9 Å². The molecule has 0 fully saturated rings. The van der Waals surface area contributed by atoms with Crippen molar-refractivity contribution in [1.29, 1.82) is 0 Å². The maximum Gasteiger partial charge on any atom is 0.419 e. The highest BCUT2D eigenvalue weighted by Crippen LogP contribution is 2.39. The van der Waals surface area contributed by atoms with Crippen molar-refractivity contribution >= 4 is 28.9 Å². The molecule has 0 N–H and O–H groups in total. The van der Waals surface area contributed by atoms with Gasteiger partial charge in [0, 0.05) is 17.3 Å². The van der Waals surface area contributed by atoms with Gasteiger partial charge in [-0.2, -0.15) is 26.3 Å². The second-order valence-corrected chi connectivity index (χ2v) is 9.28. The lowest BCUT2D eigenvalue weighted by molar-refractivity contribution is -0.138. The fraction of sp³-hybridized carbons (Fsp3) is 0.381. The average Bonchev–Trinajstić information content (AvgIpc) is 3.04. The molecule has 0 aromatic carbocycles. The van der Waals surface area contributed by atoms with Gasteiger partial charge in [-0.1, -0.05) is 6.92 Å². The van der Waals surface area contributed by atoms with E-state index in [1.165, 1.54) is 6.07 Å². The SMILES string of the molecule is CCSc1cc(C(F)(F)F)cnc1-c1cc2ncc(C(F)(F)F)cc2n1C(=O)OC(C)(C)C. The van der Waals surface area contributed by atoms with Crippen molar-refractivity contribution in [3.63, 3.8) is 0 Å². The van der Waals surface area contributed by atoms with E-state index in [1.54, 1.807) is 27.7 Å². The van der Waals surface area contributed by atoms with Gasteiger partial charge >= 0.3 is 18.4 Å². The Morgan fingerprint density at radius 1 is 0.970 bits per heavy atom. The molecule has 3 aromatic rings. The third-order valence-corrected chi connectivity index (χ3v) is 5.19. The van der Waals surface area contributed by atoms with E-state index in [1.807, 2.05) is 0 Å². The predicted molar refractivity (Wildman–Crippen MR) is 111 cm³/mol. The van der Waals surface area contributed by atoms with Crippen LogP contribution >= 0.6 is 11.8 Å². The number of nitrogens with zero attached hydrogens (tertiary/aromatic N) is 3. The van der Waals surface area contributed by atoms with Crippen molar-refractivity contribution in [1.82, 2.24) is 14.5 Å². The normalized spacial score (nSPS) is 12.9. The summed E-state index contributed by atoms with van der Waals surface area (Å²) in [6.45, 7) is 6.44. The van der Waals surface area contributed by atoms with Gasteiger partial charge in [0.25, 0.3) is 0 Å². The summed E-state index contributed by atoms with van der Waals surface area (Å²) >= 11 is 1.05. The number of pyridine rings is 2. The summed E-state index contributed by atoms with van der Waals surface area (Å²) in [4.78, 5) is 20.8. The minimum absolute atomic E-state index is 0.00716. The van der Waals surface area contributed by atoms with Gasteiger partial charge in [-0.15, -0.1) is 11.8 Å². The largest absolute Gasteiger partial charge is 0.443 e. The summed E-state index contributed by atoms with van der Waals surface area (Å²) in [5.74, 6) is 0.388. The molecule has 0 aliphatic rings. The first-order valence-electron chi connectivity index (χ1n) is 9.64. The Bertz CT molecular complexity index is 1200. The second-order valence-electron chi connectivity index (χ2n) is 7.97. The molecule has 3 rings (SSSR count). The van der Waals surface area contributed by atoms with Gasteiger partial charge < -0.3 is 4.74 Å². The van der Waals surface area contributed by atoms with Crippen LogP contribution in [0.4, 0.5) is 31.1 Å². The molecule has 3 aromatic heterocycles. The monoisotopic (exact) mass is 491 g/mol. The topological polar surface area (TPSA) is 57.0 Å². The van der Waals surface area contributed by atoms with E-state index in [0.717, 1.165) is 28.5 Å². The van der Waals surface area contributed by atoms with Crippen molar-refractivity contribution in [2.45, 2.75) is 50.5 Å². The molecule has 0 unspecified atom stereocenters. The summed E-state index contributed by atoms with van der Waals surface area (Å²) in [6, 6.07) is 2.93. The average molecular weight is 491 g/mol. The lowest BCUT2D eigenvalue weighted by Crippen LogP contribution is -2.27. The summed E-state index contributed by atoms with van der Waals surface area (Å²) in [7, 11) is 0. The van der Waals surface area contributed by atoms with Crippen LogP contribution in [0.1, 0.15) is 38.8 Å². The maximum atomic E-state index is 13.3. The van der Waals surface area contributed by atoms with E-state index in [-0.39, 0.29) is 27.3 Å². The van der Waals surface area contributed by atoms with E-state index >= 15 is 0 Å². The lowest BCUT2D eigenvalue weighted by atomic mass is 10.2. The van der Waals surface area contributed by atoms with Crippen LogP contribution in [-0.4, -0.2) is 32.0 Å². The fourth-order valence-electron chi connectivity index (χ4n) is 2.97. The van der Waals surface area contributed by atoms with Gasteiger partial charge in [-0.05, 0) is 44.7 Å². The Morgan fingerprint density at radius 3 is 2.09 bits per heavy atom. The zero-order valence-corrected chi connectivity index (χ0v) is 18.7. The molecule has 12 heteroatoms. The number of carbonyl (C=O) groups is 1. The Labute approximate surface area is 189 Å². The Balaban J connectivity index is 2.32. The molecule has 0 saturated carbocycles. The molecule has 0 radical (unpaired) electrons. The van der Waals surface area contributed by atoms with Crippen molar-refractivity contribution in [2.75, 3.05) is 5.75 Å². The number of hydrogen-bond donors (Lipinski definition) is 0. The summed E-state index contributed by atoms with van der Waals surface area (Å²) in [5.41, 5.74) is -3.29. The van der Waals surface area contributed by atoms with Gasteiger partial charge in [0.15, 0.2) is 0 Å². The molecule has 3 heterocycles. The highest BCUT2D eigenvalue weighted by molar-refractivity contribution is 7.99. The number of halogens is 6. The lowest BCUT2D eigenvalue weighted by Gasteiger charge is -2.21. The van der Waals surface area contributed by atoms with E-state index in [2.05, 4.69) is 9.97 Å². The summed E-state index contributed by atoms with van der Waals surface area (Å²) in [6.07, 6.45) is -9.15. The number of rotatable bonds is 3. The Hall–Kier alpha value is -2.76. The van der Waals surface area contributed by atoms with Crippen LogP contribution < -0.4 is 0 Å². The summed E-state index contributed by atoms with van der Waals surface area (Å²) in [5, 5.41) is 0. The van der Waals surface area contributed by atoms with Crippen LogP contribution in [0.3, 0.4) is 0 Å². The Kier molecular flexibility index (Phi) is 6.44. The third-order valence-electron chi connectivity index (χ3n) is 4.28. The highest BCUT2D eigenvalue weighted by Gasteiger charge is 2.34. The van der Waals surface area contributed by atoms with Crippen molar-refractivity contribution in [3.8, 4) is 11.4 Å². The van der Waals surface area contributed by atoms with Gasteiger partial charge in [-0.25, -0.2) is 9.36 Å². The van der Waals surface area contributed by atoms with Crippen molar-refractivity contribution in [3.05, 3.63) is 41.7 Å². The summed E-state index contributed by atoms with van der Waals surface area (Å²) < 4.78 is 85.7. The van der Waals surface area contributed by atoms with Gasteiger partial charge in [-0.3, -0.25) is 9.97 Å². The van der Waals surface area contributed by atoms with E-state index in [0.29, 0.717) is 18.1 Å². The molecule has 0 spiro atoms. The molecule has 0 aliphatic carbocycles. The van der Waals surface area contributed by atoms with Gasteiger partial charge in [0.1, 0.15) is 11.3 Å². The second kappa shape index (κ2) is 8.54. The first-order valence-corrected chi connectivity index (χ1v) is 10.6. The van der Waals surface area contributed by atoms with Gasteiger partial charge in [0.05, 0.1) is 27.9 Å². The fourth-order valence-corrected chi connectivity index (χ4v) is 3.78. The number of carbonyl (C=O) groups excluding carboxylic acids is 1.